The Kier molecular flexibility index (Phi) is 4.80. The number of nitrogens with zero attached hydrogens (tertiary/aromatic N) is 1. The molecule has 0 atom stereocenters. The van der Waals surface area contributed by atoms with E-state index in [2.05, 4.69) is 5.32 Å². The maximum atomic E-state index is 11.9. The van der Waals surface area contributed by atoms with Crippen LogP contribution in [-0.2, 0) is 16.1 Å². The minimum atomic E-state index is -0.531. The number of nitrogens with one attached hydrogen (secondary N) is 1. The summed E-state index contributed by atoms with van der Waals surface area (Å²) in [6.07, 6.45) is 3.10. The first kappa shape index (κ1) is 13.9. The highest BCUT2D eigenvalue weighted by Crippen LogP contribution is 2.10. The van der Waals surface area contributed by atoms with Crippen LogP contribution in [-0.4, -0.2) is 29.8 Å². The Morgan fingerprint density at radius 1 is 1.11 bits per heavy atom. The first-order chi connectivity index (χ1) is 9.16. The summed E-state index contributed by atoms with van der Waals surface area (Å²) in [4.78, 5) is 25.2. The summed E-state index contributed by atoms with van der Waals surface area (Å²) in [6.45, 7) is 1.72. The molecule has 0 radical (unpaired) electrons. The molecule has 0 bridgehead atoms. The predicted octanol–water partition coefficient (Wildman–Crippen LogP) is 1.97. The number of hydrogen-bond donors (Lipinski definition) is 1. The second-order valence-electron chi connectivity index (χ2n) is 4.66. The standard InChI is InChI=1S/C14H17ClN2O2/c15-12-6-4-11(5-7-12)10-16-13(18)14(19)17-8-2-1-3-9-17/h4-7H,1-3,8-10H2,(H,16,18). The largest absolute Gasteiger partial charge is 0.344 e. The van der Waals surface area contributed by atoms with Crippen molar-refractivity contribution < 1.29 is 9.59 Å². The van der Waals surface area contributed by atoms with E-state index in [0.29, 0.717) is 24.7 Å². The van der Waals surface area contributed by atoms with Crippen LogP contribution >= 0.6 is 11.6 Å². The molecular formula is C14H17ClN2O2. The lowest BCUT2D eigenvalue weighted by molar-refractivity contribution is -0.146. The number of hydrogen-bond acceptors (Lipinski definition) is 2. The van der Waals surface area contributed by atoms with Crippen molar-refractivity contribution in [3.05, 3.63) is 34.9 Å². The fourth-order valence-corrected chi connectivity index (χ4v) is 2.23. The molecule has 1 heterocycles. The summed E-state index contributed by atoms with van der Waals surface area (Å²) in [5.74, 6) is -0.953. The molecule has 0 spiro atoms. The van der Waals surface area contributed by atoms with E-state index in [4.69, 9.17) is 11.6 Å². The number of amides is 2. The number of likely N-dealkylation sites (tertiary alicyclic amines) is 1. The molecule has 0 aliphatic carbocycles. The van der Waals surface area contributed by atoms with Crippen LogP contribution in [0.3, 0.4) is 0 Å². The Hall–Kier alpha value is -1.55. The van der Waals surface area contributed by atoms with Crippen molar-refractivity contribution in [1.29, 1.82) is 0 Å². The molecule has 1 aliphatic rings. The van der Waals surface area contributed by atoms with Gasteiger partial charge in [-0.25, -0.2) is 0 Å². The monoisotopic (exact) mass is 280 g/mol. The van der Waals surface area contributed by atoms with Crippen molar-refractivity contribution in [2.45, 2.75) is 25.8 Å². The van der Waals surface area contributed by atoms with Crippen LogP contribution in [0, 0.1) is 0 Å². The van der Waals surface area contributed by atoms with Crippen LogP contribution < -0.4 is 5.32 Å². The Morgan fingerprint density at radius 3 is 2.37 bits per heavy atom. The minimum absolute atomic E-state index is 0.343. The molecule has 2 rings (SSSR count). The summed E-state index contributed by atoms with van der Waals surface area (Å²) in [6, 6.07) is 7.17. The van der Waals surface area contributed by atoms with E-state index >= 15 is 0 Å². The Balaban J connectivity index is 1.83. The van der Waals surface area contributed by atoms with E-state index in [-0.39, 0.29) is 0 Å². The molecule has 1 aromatic rings. The van der Waals surface area contributed by atoms with Gasteiger partial charge in [-0.2, -0.15) is 0 Å². The molecule has 102 valence electrons. The van der Waals surface area contributed by atoms with Gasteiger partial charge in [0.2, 0.25) is 0 Å². The quantitative estimate of drug-likeness (QED) is 0.842. The second kappa shape index (κ2) is 6.57. The molecule has 4 nitrogen and oxygen atoms in total. The summed E-state index contributed by atoms with van der Waals surface area (Å²) in [7, 11) is 0. The lowest BCUT2D eigenvalue weighted by atomic mass is 10.1. The third kappa shape index (κ3) is 3.96. The van der Waals surface area contributed by atoms with E-state index in [0.717, 1.165) is 24.8 Å². The molecule has 1 N–H and O–H groups in total. The van der Waals surface area contributed by atoms with Crippen molar-refractivity contribution in [1.82, 2.24) is 10.2 Å². The molecule has 0 aromatic heterocycles. The number of piperidine rings is 1. The first-order valence-electron chi connectivity index (χ1n) is 6.48. The molecule has 1 saturated heterocycles. The van der Waals surface area contributed by atoms with Crippen molar-refractivity contribution in [3.8, 4) is 0 Å². The molecule has 1 aliphatic heterocycles. The summed E-state index contributed by atoms with van der Waals surface area (Å²) in [5, 5.41) is 3.29. The maximum Gasteiger partial charge on any atom is 0.311 e. The molecule has 1 fully saturated rings. The topological polar surface area (TPSA) is 49.4 Å². The highest BCUT2D eigenvalue weighted by atomic mass is 35.5. The minimum Gasteiger partial charge on any atom is -0.344 e. The van der Waals surface area contributed by atoms with E-state index in [1.807, 2.05) is 12.1 Å². The van der Waals surface area contributed by atoms with Gasteiger partial charge in [0, 0.05) is 24.7 Å². The summed E-state index contributed by atoms with van der Waals surface area (Å²) >= 11 is 5.78. The van der Waals surface area contributed by atoms with Gasteiger partial charge >= 0.3 is 11.8 Å². The zero-order valence-corrected chi connectivity index (χ0v) is 11.4. The van der Waals surface area contributed by atoms with Gasteiger partial charge in [0.1, 0.15) is 0 Å². The molecule has 19 heavy (non-hydrogen) atoms. The second-order valence-corrected chi connectivity index (χ2v) is 5.10. The highest BCUT2D eigenvalue weighted by molar-refractivity contribution is 6.35. The Bertz CT molecular complexity index is 453. The van der Waals surface area contributed by atoms with Crippen LogP contribution in [0.4, 0.5) is 0 Å². The van der Waals surface area contributed by atoms with Gasteiger partial charge < -0.3 is 10.2 Å². The van der Waals surface area contributed by atoms with Gasteiger partial charge in [0.05, 0.1) is 0 Å². The number of carbonyl (C=O) groups is 2. The summed E-state index contributed by atoms with van der Waals surface area (Å²) < 4.78 is 0. The molecule has 0 unspecified atom stereocenters. The average molecular weight is 281 g/mol. The fraction of sp³-hybridized carbons (Fsp3) is 0.429. The Labute approximate surface area is 117 Å². The van der Waals surface area contributed by atoms with Crippen molar-refractivity contribution in [2.24, 2.45) is 0 Å². The average Bonchev–Trinajstić information content (AvgIpc) is 2.46. The van der Waals surface area contributed by atoms with Gasteiger partial charge in [-0.3, -0.25) is 9.59 Å². The zero-order valence-electron chi connectivity index (χ0n) is 10.7. The van der Waals surface area contributed by atoms with E-state index in [1.165, 1.54) is 0 Å². The van der Waals surface area contributed by atoms with Gasteiger partial charge in [0.25, 0.3) is 0 Å². The van der Waals surface area contributed by atoms with Crippen molar-refractivity contribution >= 4 is 23.4 Å². The predicted molar refractivity (Wildman–Crippen MR) is 73.7 cm³/mol. The molecule has 0 saturated carbocycles. The van der Waals surface area contributed by atoms with Crippen LogP contribution in [0.25, 0.3) is 0 Å². The van der Waals surface area contributed by atoms with Crippen LogP contribution in [0.1, 0.15) is 24.8 Å². The fourth-order valence-electron chi connectivity index (χ4n) is 2.10. The third-order valence-electron chi connectivity index (χ3n) is 3.20. The third-order valence-corrected chi connectivity index (χ3v) is 3.46. The van der Waals surface area contributed by atoms with Gasteiger partial charge in [-0.1, -0.05) is 23.7 Å². The van der Waals surface area contributed by atoms with Crippen molar-refractivity contribution in [3.63, 3.8) is 0 Å². The van der Waals surface area contributed by atoms with Crippen LogP contribution in [0.5, 0.6) is 0 Å². The van der Waals surface area contributed by atoms with Gasteiger partial charge in [-0.15, -0.1) is 0 Å². The lowest BCUT2D eigenvalue weighted by Crippen LogP contribution is -2.44. The molecular weight excluding hydrogens is 264 g/mol. The van der Waals surface area contributed by atoms with E-state index in [9.17, 15) is 9.59 Å². The first-order valence-corrected chi connectivity index (χ1v) is 6.86. The Morgan fingerprint density at radius 2 is 1.74 bits per heavy atom. The summed E-state index contributed by atoms with van der Waals surface area (Å²) in [5.41, 5.74) is 0.921. The molecule has 5 heteroatoms. The normalized spacial score (nSPS) is 15.1. The maximum absolute atomic E-state index is 11.9. The molecule has 2 amide bonds. The smallest absolute Gasteiger partial charge is 0.311 e. The van der Waals surface area contributed by atoms with E-state index in [1.54, 1.807) is 17.0 Å². The lowest BCUT2D eigenvalue weighted by Gasteiger charge is -2.25. The zero-order chi connectivity index (χ0) is 13.7. The number of benzene rings is 1. The number of rotatable bonds is 2. The SMILES string of the molecule is O=C(NCc1ccc(Cl)cc1)C(=O)N1CCCCC1. The van der Waals surface area contributed by atoms with Crippen LogP contribution in [0.2, 0.25) is 5.02 Å². The van der Waals surface area contributed by atoms with E-state index < -0.39 is 11.8 Å². The molecule has 1 aromatic carbocycles. The van der Waals surface area contributed by atoms with Crippen molar-refractivity contribution in [2.75, 3.05) is 13.1 Å². The van der Waals surface area contributed by atoms with Gasteiger partial charge in [0.15, 0.2) is 0 Å². The van der Waals surface area contributed by atoms with Crippen LogP contribution in [0.15, 0.2) is 24.3 Å². The number of carbonyl (C=O) groups excluding carboxylic acids is 2. The van der Waals surface area contributed by atoms with Gasteiger partial charge in [-0.05, 0) is 37.0 Å². The highest BCUT2D eigenvalue weighted by Gasteiger charge is 2.22. The number of halogens is 1.